The third-order valence-corrected chi connectivity index (χ3v) is 7.42. The second kappa shape index (κ2) is 11.9. The number of hydrogen-bond donors (Lipinski definition) is 3. The van der Waals surface area contributed by atoms with Crippen molar-refractivity contribution < 1.29 is 54.1 Å². The first kappa shape index (κ1) is 31.3. The van der Waals surface area contributed by atoms with E-state index in [9.17, 15) is 30.0 Å². The molecule has 1 heterocycles. The van der Waals surface area contributed by atoms with Gasteiger partial charge in [0.2, 0.25) is 15.8 Å². The van der Waals surface area contributed by atoms with Gasteiger partial charge in [0, 0.05) is 12.3 Å². The van der Waals surface area contributed by atoms with Gasteiger partial charge in [-0.25, -0.2) is 36.3 Å². The molecule has 0 aliphatic heterocycles. The number of benzene rings is 2. The highest BCUT2D eigenvalue weighted by Crippen LogP contribution is 2.45. The minimum absolute atomic E-state index is 0.0145. The first-order valence-corrected chi connectivity index (χ1v) is 13.7. The van der Waals surface area contributed by atoms with Crippen molar-refractivity contribution in [2.75, 3.05) is 39.9 Å². The number of fused-ring (bicyclic) bond motifs is 1. The molecule has 18 heteroatoms. The Morgan fingerprint density at radius 2 is 1.56 bits per heavy atom. The minimum Gasteiger partial charge on any atom is -0.493 e. The zero-order valence-corrected chi connectivity index (χ0v) is 22.6. The van der Waals surface area contributed by atoms with E-state index in [0.29, 0.717) is 16.7 Å². The number of alkyl halides is 3. The molecule has 0 spiro atoms. The smallest absolute Gasteiger partial charge is 0.490 e. The number of hydrogen-bond acceptors (Lipinski definition) is 11. The van der Waals surface area contributed by atoms with Crippen molar-refractivity contribution in [1.29, 1.82) is 0 Å². The summed E-state index contributed by atoms with van der Waals surface area (Å²) in [6, 6.07) is 5.25. The second-order valence-corrected chi connectivity index (χ2v) is 11.2. The molecule has 3 N–H and O–H groups in total. The lowest BCUT2D eigenvalue weighted by molar-refractivity contribution is -0.192. The standard InChI is InChI=1S/C19H22N4O7S2.C2HF3O2/c1-20-32(26,27)11-6-7-15(31(5,24)25)12(8-11)23-19-16-13(21-10-22-19)9-14(28-2)17(29-3)18(16)30-4;3-2(4,5)1(6)7/h6-10,20H,1-5H3,(H,21,22,23);(H,6,7). The van der Waals surface area contributed by atoms with E-state index in [1.807, 2.05) is 0 Å². The number of nitrogens with one attached hydrogen (secondary N) is 2. The average Bonchev–Trinajstić information content (AvgIpc) is 2.86. The molecule has 0 aliphatic rings. The number of rotatable bonds is 8. The number of carboxylic acid groups (broad SMARTS) is 1. The fraction of sp³-hybridized carbons (Fsp3) is 0.286. The van der Waals surface area contributed by atoms with Crippen LogP contribution in [0.15, 0.2) is 40.4 Å². The number of aromatic nitrogens is 2. The van der Waals surface area contributed by atoms with Crippen LogP contribution in [0.5, 0.6) is 17.2 Å². The predicted molar refractivity (Wildman–Crippen MR) is 132 cm³/mol. The van der Waals surface area contributed by atoms with Gasteiger partial charge in [0.1, 0.15) is 12.1 Å². The van der Waals surface area contributed by atoms with Gasteiger partial charge >= 0.3 is 12.1 Å². The van der Waals surface area contributed by atoms with Crippen LogP contribution in [0.1, 0.15) is 0 Å². The first-order chi connectivity index (χ1) is 18.0. The quantitative estimate of drug-likeness (QED) is 0.346. The van der Waals surface area contributed by atoms with Crippen LogP contribution in [0.25, 0.3) is 10.9 Å². The lowest BCUT2D eigenvalue weighted by Crippen LogP contribution is -2.21. The Hall–Kier alpha value is -3.90. The van der Waals surface area contributed by atoms with Gasteiger partial charge in [0.05, 0.1) is 47.7 Å². The van der Waals surface area contributed by atoms with Gasteiger partial charge in [-0.1, -0.05) is 0 Å². The van der Waals surface area contributed by atoms with Gasteiger partial charge in [-0.3, -0.25) is 0 Å². The molecular weight excluding hydrogens is 573 g/mol. The van der Waals surface area contributed by atoms with E-state index >= 15 is 0 Å². The zero-order valence-electron chi connectivity index (χ0n) is 20.9. The fourth-order valence-electron chi connectivity index (χ4n) is 3.12. The lowest BCUT2D eigenvalue weighted by Gasteiger charge is -2.17. The highest BCUT2D eigenvalue weighted by Gasteiger charge is 2.38. The van der Waals surface area contributed by atoms with Crippen molar-refractivity contribution in [2.24, 2.45) is 0 Å². The van der Waals surface area contributed by atoms with E-state index in [0.717, 1.165) is 6.26 Å². The number of anilines is 2. The maximum Gasteiger partial charge on any atom is 0.490 e. The van der Waals surface area contributed by atoms with E-state index < -0.39 is 32.0 Å². The van der Waals surface area contributed by atoms with Crippen LogP contribution in [-0.2, 0) is 24.7 Å². The van der Waals surface area contributed by atoms with Crippen molar-refractivity contribution >= 4 is 48.2 Å². The minimum atomic E-state index is -5.08. The van der Waals surface area contributed by atoms with Crippen molar-refractivity contribution in [2.45, 2.75) is 16.0 Å². The molecule has 0 saturated heterocycles. The van der Waals surface area contributed by atoms with Crippen molar-refractivity contribution in [1.82, 2.24) is 14.7 Å². The molecule has 0 radical (unpaired) electrons. The topological polar surface area (TPSA) is 183 Å². The first-order valence-electron chi connectivity index (χ1n) is 10.3. The number of ether oxygens (including phenoxy) is 3. The van der Waals surface area contributed by atoms with Gasteiger partial charge < -0.3 is 24.6 Å². The molecule has 3 aromatic rings. The maximum atomic E-state index is 12.3. The van der Waals surface area contributed by atoms with Gasteiger partial charge in [0.25, 0.3) is 0 Å². The van der Waals surface area contributed by atoms with E-state index in [1.165, 1.54) is 52.9 Å². The van der Waals surface area contributed by atoms with Crippen molar-refractivity contribution in [3.05, 3.63) is 30.6 Å². The molecule has 2 aromatic carbocycles. The lowest BCUT2D eigenvalue weighted by atomic mass is 10.1. The normalized spacial score (nSPS) is 11.8. The molecule has 0 saturated carbocycles. The number of carboxylic acids is 1. The molecule has 1 aromatic heterocycles. The summed E-state index contributed by atoms with van der Waals surface area (Å²) in [6.07, 6.45) is -2.79. The van der Waals surface area contributed by atoms with Gasteiger partial charge in [0.15, 0.2) is 21.3 Å². The van der Waals surface area contributed by atoms with Gasteiger partial charge in [-0.2, -0.15) is 13.2 Å². The maximum absolute atomic E-state index is 12.3. The predicted octanol–water partition coefficient (Wildman–Crippen LogP) is 2.34. The summed E-state index contributed by atoms with van der Waals surface area (Å²) in [5.41, 5.74) is 0.442. The largest absolute Gasteiger partial charge is 0.493 e. The van der Waals surface area contributed by atoms with Crippen molar-refractivity contribution in [3.63, 3.8) is 0 Å². The highest BCUT2D eigenvalue weighted by atomic mass is 32.2. The summed E-state index contributed by atoms with van der Waals surface area (Å²) >= 11 is 0. The molecule has 214 valence electrons. The summed E-state index contributed by atoms with van der Waals surface area (Å²) in [6.45, 7) is 0. The number of nitrogens with zero attached hydrogens (tertiary/aromatic N) is 2. The van der Waals surface area contributed by atoms with Crippen LogP contribution in [-0.4, -0.2) is 78.7 Å². The molecule has 0 aliphatic carbocycles. The Bertz CT molecular complexity index is 1600. The van der Waals surface area contributed by atoms with Crippen LogP contribution >= 0.6 is 0 Å². The van der Waals surface area contributed by atoms with Crippen LogP contribution in [0, 0.1) is 0 Å². The summed E-state index contributed by atoms with van der Waals surface area (Å²) in [7, 11) is -1.95. The number of sulfone groups is 1. The van der Waals surface area contributed by atoms with E-state index in [2.05, 4.69) is 20.0 Å². The Morgan fingerprint density at radius 1 is 0.974 bits per heavy atom. The van der Waals surface area contributed by atoms with Crippen LogP contribution < -0.4 is 24.2 Å². The molecule has 13 nitrogen and oxygen atoms in total. The van der Waals surface area contributed by atoms with E-state index in [4.69, 9.17) is 24.1 Å². The molecule has 3 rings (SSSR count). The Morgan fingerprint density at radius 3 is 2.03 bits per heavy atom. The zero-order chi connectivity index (χ0) is 29.8. The number of aliphatic carboxylic acids is 1. The van der Waals surface area contributed by atoms with Crippen LogP contribution in [0.2, 0.25) is 0 Å². The molecule has 0 fully saturated rings. The fourth-order valence-corrected chi connectivity index (χ4v) is 4.71. The molecule has 0 bridgehead atoms. The average molecular weight is 597 g/mol. The Kier molecular flexibility index (Phi) is 9.53. The third-order valence-electron chi connectivity index (χ3n) is 4.85. The molecule has 0 atom stereocenters. The second-order valence-electron chi connectivity index (χ2n) is 7.33. The number of methoxy groups -OCH3 is 3. The van der Waals surface area contributed by atoms with Crippen LogP contribution in [0.3, 0.4) is 0 Å². The van der Waals surface area contributed by atoms with E-state index in [1.54, 1.807) is 6.07 Å². The third kappa shape index (κ3) is 7.15. The monoisotopic (exact) mass is 596 g/mol. The number of carbonyl (C=O) groups is 1. The number of sulfonamides is 1. The summed E-state index contributed by atoms with van der Waals surface area (Å²) in [4.78, 5) is 17.1. The van der Waals surface area contributed by atoms with Gasteiger partial charge in [-0.15, -0.1) is 0 Å². The summed E-state index contributed by atoms with van der Waals surface area (Å²) in [5.74, 6) is -1.66. The number of halogens is 3. The highest BCUT2D eigenvalue weighted by molar-refractivity contribution is 7.91. The molecule has 0 amide bonds. The Labute approximate surface area is 220 Å². The Balaban J connectivity index is 0.000000673. The summed E-state index contributed by atoms with van der Waals surface area (Å²) in [5, 5.41) is 10.4. The summed E-state index contributed by atoms with van der Waals surface area (Å²) < 4.78 is 99.4. The SMILES string of the molecule is CNS(=O)(=O)c1ccc(S(C)(=O)=O)c(Nc2ncnc3cc(OC)c(OC)c(OC)c23)c1.O=C(O)C(F)(F)F. The van der Waals surface area contributed by atoms with Gasteiger partial charge in [-0.05, 0) is 25.2 Å². The van der Waals surface area contributed by atoms with Crippen LogP contribution in [0.4, 0.5) is 24.7 Å². The van der Waals surface area contributed by atoms with Crippen molar-refractivity contribution in [3.8, 4) is 17.2 Å². The van der Waals surface area contributed by atoms with E-state index in [-0.39, 0.29) is 32.8 Å². The molecular formula is C21H23F3N4O9S2. The molecule has 0 unspecified atom stereocenters. The molecule has 39 heavy (non-hydrogen) atoms.